The molecule has 0 aliphatic heterocycles. The van der Waals surface area contributed by atoms with Crippen LogP contribution in [0.5, 0.6) is 5.75 Å². The van der Waals surface area contributed by atoms with Crippen LogP contribution in [-0.2, 0) is 6.54 Å². The van der Waals surface area contributed by atoms with Gasteiger partial charge >= 0.3 is 0 Å². The number of ketones is 1. The van der Waals surface area contributed by atoms with Crippen molar-refractivity contribution in [3.8, 4) is 5.75 Å². The molecule has 2 aromatic rings. The zero-order valence-electron chi connectivity index (χ0n) is 10.00. The summed E-state index contributed by atoms with van der Waals surface area (Å²) in [4.78, 5) is 12.2. The number of benzene rings is 1. The number of phenols is 1. The van der Waals surface area contributed by atoms with Gasteiger partial charge in [-0.2, -0.15) is 5.10 Å². The van der Waals surface area contributed by atoms with Gasteiger partial charge in [-0.15, -0.1) is 0 Å². The second kappa shape index (κ2) is 5.01. The highest BCUT2D eigenvalue weighted by Crippen LogP contribution is 2.21. The van der Waals surface area contributed by atoms with Gasteiger partial charge in [0.25, 0.3) is 0 Å². The van der Waals surface area contributed by atoms with Crippen molar-refractivity contribution in [3.63, 3.8) is 0 Å². The van der Waals surface area contributed by atoms with E-state index in [1.165, 1.54) is 16.9 Å². The van der Waals surface area contributed by atoms with Crippen LogP contribution in [0.15, 0.2) is 30.6 Å². The zero-order valence-corrected chi connectivity index (χ0v) is 10.00. The first kappa shape index (κ1) is 12.3. The first-order valence-corrected chi connectivity index (χ1v) is 5.59. The fraction of sp³-hybridized carbons (Fsp3) is 0.231. The Labute approximate surface area is 104 Å². The van der Waals surface area contributed by atoms with Gasteiger partial charge in [-0.3, -0.25) is 9.48 Å². The Hall–Kier alpha value is -2.14. The lowest BCUT2D eigenvalue weighted by Crippen LogP contribution is -2.03. The van der Waals surface area contributed by atoms with Crippen LogP contribution in [0.4, 0.5) is 0 Å². The van der Waals surface area contributed by atoms with Crippen molar-refractivity contribution in [1.29, 1.82) is 0 Å². The van der Waals surface area contributed by atoms with E-state index in [0.29, 0.717) is 12.1 Å². The number of hydrogen-bond donors (Lipinski definition) is 2. The Morgan fingerprint density at radius 1 is 1.44 bits per heavy atom. The third-order valence-corrected chi connectivity index (χ3v) is 2.62. The summed E-state index contributed by atoms with van der Waals surface area (Å²) in [5.41, 5.74) is 1.56. The Kier molecular flexibility index (Phi) is 3.43. The number of aliphatic hydroxyl groups is 1. The topological polar surface area (TPSA) is 75.3 Å². The molecule has 2 N–H and O–H groups in total. The zero-order chi connectivity index (χ0) is 13.1. The van der Waals surface area contributed by atoms with E-state index in [0.717, 1.165) is 5.56 Å². The smallest absolute Gasteiger partial charge is 0.199 e. The molecule has 2 rings (SSSR count). The standard InChI is InChI=1S/C13H14N2O3/c1-9-2-3-12(17)11(6-9)13(18)10-7-14-15(8-10)4-5-16/h2-3,6-8,16-17H,4-5H2,1H3. The molecule has 0 radical (unpaired) electrons. The number of aromatic nitrogens is 2. The largest absolute Gasteiger partial charge is 0.507 e. The van der Waals surface area contributed by atoms with Crippen LogP contribution in [0, 0.1) is 6.92 Å². The lowest BCUT2D eigenvalue weighted by molar-refractivity contribution is 0.103. The number of aryl methyl sites for hydroxylation is 1. The number of aromatic hydroxyl groups is 1. The first-order valence-electron chi connectivity index (χ1n) is 5.59. The van der Waals surface area contributed by atoms with Gasteiger partial charge in [-0.05, 0) is 19.1 Å². The van der Waals surface area contributed by atoms with E-state index >= 15 is 0 Å². The Balaban J connectivity index is 2.32. The molecule has 0 spiro atoms. The van der Waals surface area contributed by atoms with Crippen LogP contribution < -0.4 is 0 Å². The summed E-state index contributed by atoms with van der Waals surface area (Å²) >= 11 is 0. The number of rotatable bonds is 4. The first-order chi connectivity index (χ1) is 8.61. The number of carbonyl (C=O) groups excluding carboxylic acids is 1. The van der Waals surface area contributed by atoms with Crippen molar-refractivity contribution >= 4 is 5.78 Å². The lowest BCUT2D eigenvalue weighted by Gasteiger charge is -2.03. The van der Waals surface area contributed by atoms with Gasteiger partial charge in [0.1, 0.15) is 5.75 Å². The van der Waals surface area contributed by atoms with Crippen LogP contribution in [0.1, 0.15) is 21.5 Å². The molecule has 0 unspecified atom stereocenters. The molecule has 0 amide bonds. The molecule has 0 aliphatic carbocycles. The Morgan fingerprint density at radius 3 is 2.94 bits per heavy atom. The Bertz CT molecular complexity index is 575. The second-order valence-electron chi connectivity index (χ2n) is 4.07. The van der Waals surface area contributed by atoms with E-state index in [1.807, 2.05) is 6.92 Å². The number of carbonyl (C=O) groups is 1. The summed E-state index contributed by atoms with van der Waals surface area (Å²) in [6.45, 7) is 2.16. The summed E-state index contributed by atoms with van der Waals surface area (Å²) in [5.74, 6) is -0.319. The van der Waals surface area contributed by atoms with Crippen molar-refractivity contribution < 1.29 is 15.0 Å². The van der Waals surface area contributed by atoms with Gasteiger partial charge in [0, 0.05) is 6.20 Å². The molecule has 0 bridgehead atoms. The summed E-state index contributed by atoms with van der Waals surface area (Å²) < 4.78 is 1.49. The molecule has 1 aromatic carbocycles. The molecule has 0 saturated heterocycles. The maximum absolute atomic E-state index is 12.2. The molecular formula is C13H14N2O3. The molecule has 1 heterocycles. The van der Waals surface area contributed by atoms with Gasteiger partial charge in [0.05, 0.1) is 30.5 Å². The maximum atomic E-state index is 12.2. The highest BCUT2D eigenvalue weighted by atomic mass is 16.3. The van der Waals surface area contributed by atoms with Gasteiger partial charge in [-0.1, -0.05) is 11.6 Å². The van der Waals surface area contributed by atoms with Crippen LogP contribution in [-0.4, -0.2) is 32.4 Å². The summed E-state index contributed by atoms with van der Waals surface area (Å²) in [5, 5.41) is 22.4. The highest BCUT2D eigenvalue weighted by Gasteiger charge is 2.15. The molecule has 0 aliphatic rings. The fourth-order valence-electron chi connectivity index (χ4n) is 1.69. The minimum Gasteiger partial charge on any atom is -0.507 e. The minimum atomic E-state index is -0.277. The normalized spacial score (nSPS) is 10.6. The van der Waals surface area contributed by atoms with Crippen LogP contribution >= 0.6 is 0 Å². The highest BCUT2D eigenvalue weighted by molar-refractivity contribution is 6.10. The van der Waals surface area contributed by atoms with E-state index in [-0.39, 0.29) is 23.7 Å². The van der Waals surface area contributed by atoms with E-state index in [4.69, 9.17) is 5.11 Å². The van der Waals surface area contributed by atoms with E-state index in [2.05, 4.69) is 5.10 Å². The molecule has 0 saturated carbocycles. The Morgan fingerprint density at radius 2 is 2.22 bits per heavy atom. The van der Waals surface area contributed by atoms with E-state index in [1.54, 1.807) is 18.3 Å². The second-order valence-corrected chi connectivity index (χ2v) is 4.07. The third kappa shape index (κ3) is 2.41. The van der Waals surface area contributed by atoms with Gasteiger partial charge in [0.15, 0.2) is 5.78 Å². The van der Waals surface area contributed by atoms with Crippen molar-refractivity contribution in [2.24, 2.45) is 0 Å². The summed E-state index contributed by atoms with van der Waals surface area (Å²) in [6.07, 6.45) is 2.99. The predicted molar refractivity (Wildman–Crippen MR) is 65.6 cm³/mol. The van der Waals surface area contributed by atoms with Gasteiger partial charge in [-0.25, -0.2) is 0 Å². The maximum Gasteiger partial charge on any atom is 0.199 e. The molecule has 0 atom stereocenters. The van der Waals surface area contributed by atoms with Gasteiger partial charge < -0.3 is 10.2 Å². The average Bonchev–Trinajstić information content (AvgIpc) is 2.80. The lowest BCUT2D eigenvalue weighted by atomic mass is 10.0. The number of phenolic OH excluding ortho intramolecular Hbond substituents is 1. The molecule has 5 heteroatoms. The molecular weight excluding hydrogens is 232 g/mol. The molecule has 1 aromatic heterocycles. The van der Waals surface area contributed by atoms with Crippen molar-refractivity contribution in [1.82, 2.24) is 9.78 Å². The van der Waals surface area contributed by atoms with Crippen LogP contribution in [0.25, 0.3) is 0 Å². The SMILES string of the molecule is Cc1ccc(O)c(C(=O)c2cnn(CCO)c2)c1. The van der Waals surface area contributed by atoms with E-state index in [9.17, 15) is 9.90 Å². The molecule has 18 heavy (non-hydrogen) atoms. The molecule has 5 nitrogen and oxygen atoms in total. The average molecular weight is 246 g/mol. The van der Waals surface area contributed by atoms with Crippen LogP contribution in [0.3, 0.4) is 0 Å². The quantitative estimate of drug-likeness (QED) is 0.793. The van der Waals surface area contributed by atoms with Crippen LogP contribution in [0.2, 0.25) is 0 Å². The molecule has 0 fully saturated rings. The number of aliphatic hydroxyl groups excluding tert-OH is 1. The van der Waals surface area contributed by atoms with E-state index < -0.39 is 0 Å². The molecule has 94 valence electrons. The minimum absolute atomic E-state index is 0.0367. The third-order valence-electron chi connectivity index (χ3n) is 2.62. The van der Waals surface area contributed by atoms with Crippen molar-refractivity contribution in [2.45, 2.75) is 13.5 Å². The monoisotopic (exact) mass is 246 g/mol. The summed E-state index contributed by atoms with van der Waals surface area (Å²) in [6, 6.07) is 4.88. The number of nitrogens with zero attached hydrogens (tertiary/aromatic N) is 2. The predicted octanol–water partition coefficient (Wildman–Crippen LogP) is 1.12. The van der Waals surface area contributed by atoms with Crippen molar-refractivity contribution in [3.05, 3.63) is 47.3 Å². The number of hydrogen-bond acceptors (Lipinski definition) is 4. The van der Waals surface area contributed by atoms with Crippen molar-refractivity contribution in [2.75, 3.05) is 6.61 Å². The summed E-state index contributed by atoms with van der Waals surface area (Å²) in [7, 11) is 0. The fourth-order valence-corrected chi connectivity index (χ4v) is 1.69. The van der Waals surface area contributed by atoms with Gasteiger partial charge in [0.2, 0.25) is 0 Å².